The number of carbonyl (C=O) groups is 5. The molecule has 0 unspecified atom stereocenters. The fraction of sp³-hybridized carbons (Fsp3) is 0.750. The number of halogens is 1. The van der Waals surface area contributed by atoms with E-state index < -0.39 is 13.3 Å². The molecule has 0 spiro atoms. The summed E-state index contributed by atoms with van der Waals surface area (Å²) in [6.07, 6.45) is 71.4. The van der Waals surface area contributed by atoms with Crippen LogP contribution in [0, 0.1) is 0 Å². The first-order valence-electron chi connectivity index (χ1n) is 47.3. The van der Waals surface area contributed by atoms with Crippen LogP contribution in [0.25, 0.3) is 0 Å². The topological polar surface area (TPSA) is 165 Å². The quantitative estimate of drug-likeness (QED) is 0.0182. The van der Waals surface area contributed by atoms with Crippen LogP contribution in [0.3, 0.4) is 0 Å². The number of hydrogen-bond donors (Lipinski definition) is 2. The van der Waals surface area contributed by atoms with Crippen molar-refractivity contribution in [2.75, 3.05) is 47.0 Å². The van der Waals surface area contributed by atoms with Gasteiger partial charge in [0.25, 0.3) is 0 Å². The van der Waals surface area contributed by atoms with Crippen LogP contribution in [0.1, 0.15) is 414 Å². The van der Waals surface area contributed by atoms with Gasteiger partial charge in [0, 0.05) is 45.6 Å². The van der Waals surface area contributed by atoms with Gasteiger partial charge >= 0.3 is 11.9 Å². The van der Waals surface area contributed by atoms with Crippen LogP contribution in [-0.4, -0.2) is 101 Å². The molecule has 4 atom stereocenters. The van der Waals surface area contributed by atoms with Gasteiger partial charge < -0.3 is 60.8 Å². The normalized spacial score (nSPS) is 12.3. The molecule has 0 aliphatic rings. The summed E-state index contributed by atoms with van der Waals surface area (Å²) in [5, 5.41) is 9.97. The summed E-state index contributed by atoms with van der Waals surface area (Å²) in [5.41, 5.74) is 0. The van der Waals surface area contributed by atoms with Crippen molar-refractivity contribution in [2.45, 2.75) is 438 Å². The van der Waals surface area contributed by atoms with Crippen molar-refractivity contribution in [3.8, 4) is 0 Å². The van der Waals surface area contributed by atoms with Crippen molar-refractivity contribution in [3.63, 3.8) is 0 Å². The number of carbonyl (C=O) groups excluding carboxylic acids is 5. The predicted octanol–water partition coefficient (Wildman–Crippen LogP) is 23.5. The lowest BCUT2D eigenvalue weighted by atomic mass is 10.1. The van der Waals surface area contributed by atoms with Crippen LogP contribution in [-0.2, 0) is 52.4 Å². The first kappa shape index (κ1) is 111. The predicted molar refractivity (Wildman–Crippen MR) is 486 cm³/mol. The minimum atomic E-state index is -1.78. The van der Waals surface area contributed by atoms with Gasteiger partial charge in [-0.15, -0.1) is 0 Å². The molecule has 3 rings (SSSR count). The average molecular weight is 1690 g/mol. The molecule has 0 saturated carbocycles. The van der Waals surface area contributed by atoms with E-state index in [1.807, 2.05) is 6.08 Å². The molecule has 662 valence electrons. The molecule has 15 heteroatoms. The number of nitrogens with one attached hydrogen (secondary N) is 2. The van der Waals surface area contributed by atoms with Gasteiger partial charge in [-0.05, 0) is 93.8 Å². The summed E-state index contributed by atoms with van der Waals surface area (Å²) in [4.78, 5) is 61.8. The van der Waals surface area contributed by atoms with E-state index in [1.54, 1.807) is 20.5 Å². The van der Waals surface area contributed by atoms with Crippen LogP contribution in [0.4, 0.5) is 0 Å². The van der Waals surface area contributed by atoms with E-state index >= 15 is 0 Å². The zero-order valence-electron chi connectivity index (χ0n) is 75.1. The Morgan fingerprint density at radius 1 is 0.339 bits per heavy atom. The summed E-state index contributed by atoms with van der Waals surface area (Å²) in [6, 6.07) is 31.4. The van der Waals surface area contributed by atoms with Crippen LogP contribution in [0.2, 0.25) is 0 Å². The Morgan fingerprint density at radius 2 is 0.600 bits per heavy atom. The summed E-state index contributed by atoms with van der Waals surface area (Å²) in [6.45, 7) is 14.9. The summed E-state index contributed by atoms with van der Waals surface area (Å²) < 4.78 is 34.4. The van der Waals surface area contributed by atoms with E-state index in [9.17, 15) is 24.0 Å². The third kappa shape index (κ3) is 65.1. The molecule has 0 heterocycles. The van der Waals surface area contributed by atoms with E-state index in [4.69, 9.17) is 28.4 Å². The van der Waals surface area contributed by atoms with Gasteiger partial charge in [0.1, 0.15) is 47.7 Å². The van der Waals surface area contributed by atoms with E-state index in [2.05, 4.69) is 143 Å². The summed E-state index contributed by atoms with van der Waals surface area (Å²) >= 11 is 0. The van der Waals surface area contributed by atoms with E-state index in [1.165, 1.54) is 266 Å². The van der Waals surface area contributed by atoms with Crippen LogP contribution in [0.5, 0.6) is 0 Å². The van der Waals surface area contributed by atoms with Gasteiger partial charge in [0.2, 0.25) is 11.8 Å². The smallest absolute Gasteiger partial charge is 0.306 e. The second-order valence-corrected chi connectivity index (χ2v) is 35.8. The minimum absolute atomic E-state index is 0. The third-order valence-corrected chi connectivity index (χ3v) is 26.0. The fourth-order valence-electron chi connectivity index (χ4n) is 14.8. The maximum atomic E-state index is 12.7. The number of ether oxygens (including phenoxy) is 6. The number of unbranched alkanes of at least 4 members (excludes halogenated alkanes) is 44. The van der Waals surface area contributed by atoms with Crippen LogP contribution in [0.15, 0.2) is 103 Å². The number of amides is 2. The molecule has 0 bridgehead atoms. The Kier molecular flexibility index (Phi) is 81.3. The Morgan fingerprint density at radius 3 is 0.878 bits per heavy atom. The molecule has 13 nitrogen and oxygen atoms in total. The first-order chi connectivity index (χ1) is 56.0. The molecule has 0 aromatic heterocycles. The maximum absolute atomic E-state index is 12.7. The number of benzene rings is 3. The molecule has 0 aliphatic heterocycles. The second kappa shape index (κ2) is 84.6. The standard InChI is InChI=1S/C41H79NO5.C39H75NO5.C20H20OP.BrH/c1-5-8-11-14-16-18-19-21-22-25-28-31-40(43)42-38(33-35-45-4)37-46-36-34-39(30-27-24-13-10-7-3)47-41(44)32-29-26-23-20-17-15-12-9-6-2;1-4-7-10-13-15-17-18-20-21-24-27-30-38(42)40-36(34-41)35-44-33-32-37(29-26-23-12-9-6-3)45-39(43)31-28-25-22-19-16-14-11-8-5-2;1-21-17-22(18-11-5-2-6-12-18,19-13-7-3-8-14-19)20-15-9-4-10-16-20;/h33,35,38-39H,5-32,34,36-37H2,1-4H3,(H,42,43);34,36-37H,4-33,35H2,1-3H3,(H,40,42);2-16H,17H2,1H3;1H/q;;+1;/p-1/b35-33-;;;/t38-,39+;36-,37+;;/m00../s1. The summed E-state index contributed by atoms with van der Waals surface area (Å²) in [7, 11) is 1.63. The van der Waals surface area contributed by atoms with Gasteiger partial charge in [0.15, 0.2) is 6.35 Å². The number of methoxy groups -OCH3 is 2. The van der Waals surface area contributed by atoms with E-state index in [-0.39, 0.29) is 65.6 Å². The Hall–Kier alpha value is -4.46. The highest BCUT2D eigenvalue weighted by atomic mass is 79.9. The molecule has 0 saturated heterocycles. The highest BCUT2D eigenvalue weighted by Crippen LogP contribution is 2.55. The van der Waals surface area contributed by atoms with E-state index in [0.29, 0.717) is 64.7 Å². The second-order valence-electron chi connectivity index (χ2n) is 32.4. The Labute approximate surface area is 717 Å². The van der Waals surface area contributed by atoms with Crippen molar-refractivity contribution in [1.29, 1.82) is 0 Å². The van der Waals surface area contributed by atoms with Crippen molar-refractivity contribution in [1.82, 2.24) is 10.6 Å². The lowest BCUT2D eigenvalue weighted by Crippen LogP contribution is -3.00. The van der Waals surface area contributed by atoms with Crippen molar-refractivity contribution in [3.05, 3.63) is 103 Å². The number of rotatable bonds is 78. The molecule has 3 aromatic rings. The molecule has 0 aliphatic carbocycles. The van der Waals surface area contributed by atoms with Gasteiger partial charge in [-0.2, -0.15) is 0 Å². The first-order valence-corrected chi connectivity index (χ1v) is 49.3. The zero-order chi connectivity index (χ0) is 82.8. The molecular weight excluding hydrogens is 1520 g/mol. The van der Waals surface area contributed by atoms with Gasteiger partial charge in [-0.1, -0.05) is 379 Å². The van der Waals surface area contributed by atoms with Crippen molar-refractivity contribution >= 4 is 53.2 Å². The molecule has 2 N–H and O–H groups in total. The van der Waals surface area contributed by atoms with E-state index in [0.717, 1.165) is 89.8 Å². The number of esters is 2. The van der Waals surface area contributed by atoms with Crippen molar-refractivity contribution in [2.24, 2.45) is 0 Å². The molecule has 0 radical (unpaired) electrons. The van der Waals surface area contributed by atoms with Gasteiger partial charge in [-0.3, -0.25) is 19.2 Å². The Balaban J connectivity index is 0.00000178. The molecule has 3 aromatic carbocycles. The molecule has 115 heavy (non-hydrogen) atoms. The number of hydrogen-bond acceptors (Lipinski definition) is 11. The SMILES string of the molecule is CCCCCCCCCCCCCC(=O)N[C@@H](/C=C\OC)COCC[C@@H](CCCCCCC)OC(=O)CCCCCCCCCCC.CCCCCCCCCCCCCC(=O)N[C@@H](C=O)COCC[C@@H](CCCCCCC)OC(=O)CCCCCCCCCCC.COC[P+](c1ccccc1)(c1ccccc1)c1ccccc1.[Br-]. The molecular formula is C100H174BrN2O11P. The third-order valence-electron chi connectivity index (χ3n) is 21.8. The monoisotopic (exact) mass is 1690 g/mol. The molecule has 0 fully saturated rings. The summed E-state index contributed by atoms with van der Waals surface area (Å²) in [5.74, 6) is -0.188. The van der Waals surface area contributed by atoms with Crippen molar-refractivity contribution < 1.29 is 69.4 Å². The maximum Gasteiger partial charge on any atom is 0.306 e. The zero-order valence-corrected chi connectivity index (χ0v) is 77.5. The lowest BCUT2D eigenvalue weighted by Gasteiger charge is -2.26. The van der Waals surface area contributed by atoms with Gasteiger partial charge in [-0.25, -0.2) is 0 Å². The highest BCUT2D eigenvalue weighted by Gasteiger charge is 2.45. The highest BCUT2D eigenvalue weighted by molar-refractivity contribution is 7.95. The fourth-order valence-corrected chi connectivity index (χ4v) is 18.6. The Bertz CT molecular complexity index is 2520. The van der Waals surface area contributed by atoms with Crippen LogP contribution >= 0.6 is 7.26 Å². The average Bonchev–Trinajstić information content (AvgIpc) is 0.760. The largest absolute Gasteiger partial charge is 1.00 e. The van der Waals surface area contributed by atoms with Gasteiger partial charge in [0.05, 0.1) is 45.8 Å². The number of aldehydes is 1. The molecule has 2 amide bonds. The minimum Gasteiger partial charge on any atom is -1.00 e. The lowest BCUT2D eigenvalue weighted by molar-refractivity contribution is -0.151. The van der Waals surface area contributed by atoms with Crippen LogP contribution < -0.4 is 43.5 Å².